The molecule has 3 heteroatoms. The number of rotatable bonds is 4. The van der Waals surface area contributed by atoms with Gasteiger partial charge in [0.2, 0.25) is 0 Å². The van der Waals surface area contributed by atoms with E-state index in [1.54, 1.807) is 6.07 Å². The maximum absolute atomic E-state index is 13.2. The minimum atomic E-state index is -0.230. The Morgan fingerprint density at radius 2 is 1.88 bits per heavy atom. The molecule has 0 atom stereocenters. The van der Waals surface area contributed by atoms with E-state index in [1.807, 2.05) is 30.3 Å². The SMILES string of the molecule is Fc1cccc(-c2ccccc2OCCI)c1. The predicted octanol–water partition coefficient (Wildman–Crippen LogP) is 4.31. The van der Waals surface area contributed by atoms with Gasteiger partial charge in [-0.2, -0.15) is 0 Å². The molecular formula is C14H12FIO. The van der Waals surface area contributed by atoms with E-state index >= 15 is 0 Å². The molecule has 2 aromatic carbocycles. The van der Waals surface area contributed by atoms with E-state index in [0.717, 1.165) is 21.3 Å². The van der Waals surface area contributed by atoms with Gasteiger partial charge >= 0.3 is 0 Å². The molecule has 2 rings (SSSR count). The van der Waals surface area contributed by atoms with Crippen LogP contribution in [0.15, 0.2) is 48.5 Å². The Hall–Kier alpha value is -1.10. The monoisotopic (exact) mass is 342 g/mol. The highest BCUT2D eigenvalue weighted by atomic mass is 127. The van der Waals surface area contributed by atoms with Crippen molar-refractivity contribution in [3.8, 4) is 16.9 Å². The van der Waals surface area contributed by atoms with Crippen molar-refractivity contribution in [2.24, 2.45) is 0 Å². The van der Waals surface area contributed by atoms with Crippen LogP contribution < -0.4 is 4.74 Å². The van der Waals surface area contributed by atoms with Gasteiger partial charge in [-0.3, -0.25) is 0 Å². The molecule has 88 valence electrons. The summed E-state index contributed by atoms with van der Waals surface area (Å²) in [6, 6.07) is 14.3. The van der Waals surface area contributed by atoms with Crippen molar-refractivity contribution < 1.29 is 9.13 Å². The Morgan fingerprint density at radius 1 is 1.06 bits per heavy atom. The van der Waals surface area contributed by atoms with E-state index in [4.69, 9.17) is 4.74 Å². The number of alkyl halides is 1. The van der Waals surface area contributed by atoms with Crippen molar-refractivity contribution in [1.82, 2.24) is 0 Å². The maximum Gasteiger partial charge on any atom is 0.127 e. The molecule has 1 nitrogen and oxygen atoms in total. The first-order valence-corrected chi connectivity index (χ1v) is 6.87. The number of ether oxygens (including phenoxy) is 1. The third-order valence-electron chi connectivity index (χ3n) is 2.36. The van der Waals surface area contributed by atoms with Gasteiger partial charge < -0.3 is 4.74 Å². The van der Waals surface area contributed by atoms with Gasteiger partial charge in [0.15, 0.2) is 0 Å². The van der Waals surface area contributed by atoms with E-state index in [-0.39, 0.29) is 5.82 Å². The summed E-state index contributed by atoms with van der Waals surface area (Å²) in [5.41, 5.74) is 1.77. The smallest absolute Gasteiger partial charge is 0.127 e. The third kappa shape index (κ3) is 3.19. The third-order valence-corrected chi connectivity index (χ3v) is 2.80. The van der Waals surface area contributed by atoms with E-state index < -0.39 is 0 Å². The average Bonchev–Trinajstić information content (AvgIpc) is 2.37. The van der Waals surface area contributed by atoms with Crippen molar-refractivity contribution in [3.05, 3.63) is 54.3 Å². The summed E-state index contributed by atoms with van der Waals surface area (Å²) < 4.78 is 19.8. The Balaban J connectivity index is 2.37. The summed E-state index contributed by atoms with van der Waals surface area (Å²) in [7, 11) is 0. The number of halogens is 2. The number of para-hydroxylation sites is 1. The summed E-state index contributed by atoms with van der Waals surface area (Å²) in [4.78, 5) is 0. The Morgan fingerprint density at radius 3 is 2.65 bits per heavy atom. The van der Waals surface area contributed by atoms with Gasteiger partial charge in [-0.25, -0.2) is 4.39 Å². The molecule has 0 heterocycles. The summed E-state index contributed by atoms with van der Waals surface area (Å²) in [6.07, 6.45) is 0. The van der Waals surface area contributed by atoms with Gasteiger partial charge in [0, 0.05) is 9.99 Å². The molecule has 0 spiro atoms. The zero-order valence-electron chi connectivity index (χ0n) is 9.20. The lowest BCUT2D eigenvalue weighted by Gasteiger charge is -2.10. The maximum atomic E-state index is 13.2. The van der Waals surface area contributed by atoms with E-state index in [1.165, 1.54) is 12.1 Å². The van der Waals surface area contributed by atoms with E-state index in [2.05, 4.69) is 22.6 Å². The summed E-state index contributed by atoms with van der Waals surface area (Å²) in [5, 5.41) is 0. The standard InChI is InChI=1S/C14H12FIO/c15-12-5-3-4-11(10-12)13-6-1-2-7-14(13)17-9-8-16/h1-7,10H,8-9H2. The summed E-state index contributed by atoms with van der Waals surface area (Å²) in [6.45, 7) is 0.660. The highest BCUT2D eigenvalue weighted by Crippen LogP contribution is 2.30. The van der Waals surface area contributed by atoms with Crippen molar-refractivity contribution in [2.45, 2.75) is 0 Å². The molecule has 0 aliphatic heterocycles. The second-order valence-electron chi connectivity index (χ2n) is 3.54. The zero-order valence-corrected chi connectivity index (χ0v) is 11.4. The van der Waals surface area contributed by atoms with Crippen molar-refractivity contribution in [2.75, 3.05) is 11.0 Å². The lowest BCUT2D eigenvalue weighted by atomic mass is 10.0. The number of hydrogen-bond donors (Lipinski definition) is 0. The highest BCUT2D eigenvalue weighted by Gasteiger charge is 2.05. The van der Waals surface area contributed by atoms with Gasteiger partial charge in [-0.1, -0.05) is 52.9 Å². The van der Waals surface area contributed by atoms with Gasteiger partial charge in [-0.05, 0) is 23.8 Å². The number of hydrogen-bond acceptors (Lipinski definition) is 1. The first kappa shape index (κ1) is 12.4. The molecule has 0 saturated heterocycles. The largest absolute Gasteiger partial charge is 0.492 e. The van der Waals surface area contributed by atoms with Crippen LogP contribution in [-0.2, 0) is 0 Å². The highest BCUT2D eigenvalue weighted by molar-refractivity contribution is 14.1. The van der Waals surface area contributed by atoms with Crippen molar-refractivity contribution in [3.63, 3.8) is 0 Å². The van der Waals surface area contributed by atoms with E-state index in [0.29, 0.717) is 6.61 Å². The molecule has 0 fully saturated rings. The second kappa shape index (κ2) is 6.00. The summed E-state index contributed by atoms with van der Waals surface area (Å²) >= 11 is 2.26. The van der Waals surface area contributed by atoms with Gasteiger partial charge in [0.25, 0.3) is 0 Å². The molecule has 0 saturated carbocycles. The normalized spacial score (nSPS) is 10.2. The Labute approximate surface area is 114 Å². The molecule has 0 unspecified atom stereocenters. The minimum absolute atomic E-state index is 0.230. The van der Waals surface area contributed by atoms with Gasteiger partial charge in [0.05, 0.1) is 6.61 Å². The predicted molar refractivity (Wildman–Crippen MR) is 76.2 cm³/mol. The van der Waals surface area contributed by atoms with Crippen LogP contribution in [0.4, 0.5) is 4.39 Å². The quantitative estimate of drug-likeness (QED) is 0.594. The molecule has 0 amide bonds. The van der Waals surface area contributed by atoms with Crippen LogP contribution in [0, 0.1) is 5.82 Å². The van der Waals surface area contributed by atoms with E-state index in [9.17, 15) is 4.39 Å². The molecule has 0 radical (unpaired) electrons. The first-order valence-electron chi connectivity index (χ1n) is 5.35. The zero-order chi connectivity index (χ0) is 12.1. The fourth-order valence-electron chi connectivity index (χ4n) is 1.64. The summed E-state index contributed by atoms with van der Waals surface area (Å²) in [5.74, 6) is 0.570. The van der Waals surface area contributed by atoms with Crippen LogP contribution in [-0.4, -0.2) is 11.0 Å². The van der Waals surface area contributed by atoms with Crippen molar-refractivity contribution >= 4 is 22.6 Å². The fourth-order valence-corrected chi connectivity index (χ4v) is 1.86. The molecule has 0 aromatic heterocycles. The second-order valence-corrected chi connectivity index (χ2v) is 4.62. The van der Waals surface area contributed by atoms with Crippen LogP contribution in [0.2, 0.25) is 0 Å². The Kier molecular flexibility index (Phi) is 4.36. The molecular weight excluding hydrogens is 330 g/mol. The molecule has 0 aliphatic rings. The molecule has 17 heavy (non-hydrogen) atoms. The van der Waals surface area contributed by atoms with Gasteiger partial charge in [-0.15, -0.1) is 0 Å². The molecule has 0 N–H and O–H groups in total. The Bertz CT molecular complexity index is 499. The topological polar surface area (TPSA) is 9.23 Å². The fraction of sp³-hybridized carbons (Fsp3) is 0.143. The first-order chi connectivity index (χ1) is 8.31. The van der Waals surface area contributed by atoms with Crippen LogP contribution in [0.25, 0.3) is 11.1 Å². The van der Waals surface area contributed by atoms with Crippen LogP contribution in [0.3, 0.4) is 0 Å². The number of benzene rings is 2. The van der Waals surface area contributed by atoms with Crippen LogP contribution >= 0.6 is 22.6 Å². The minimum Gasteiger partial charge on any atom is -0.492 e. The lowest BCUT2D eigenvalue weighted by Crippen LogP contribution is -1.99. The van der Waals surface area contributed by atoms with Crippen molar-refractivity contribution in [1.29, 1.82) is 0 Å². The molecule has 0 aliphatic carbocycles. The van der Waals surface area contributed by atoms with Crippen LogP contribution in [0.1, 0.15) is 0 Å². The van der Waals surface area contributed by atoms with Gasteiger partial charge in [0.1, 0.15) is 11.6 Å². The van der Waals surface area contributed by atoms with Crippen LogP contribution in [0.5, 0.6) is 5.75 Å². The molecule has 2 aromatic rings. The molecule has 0 bridgehead atoms. The lowest BCUT2D eigenvalue weighted by molar-refractivity contribution is 0.348. The average molecular weight is 342 g/mol.